The van der Waals surface area contributed by atoms with Gasteiger partial charge in [0, 0.05) is 5.88 Å². The van der Waals surface area contributed by atoms with Gasteiger partial charge in [-0.15, -0.1) is 11.6 Å². The highest BCUT2D eigenvalue weighted by Gasteiger charge is 2.06. The standard InChI is InChI=1S/C11H22Cl/c1-3-5-8-11(7-4-2)9-6-10-12/h3-10H2,1-2H3. The highest BCUT2D eigenvalue weighted by molar-refractivity contribution is 6.17. The Morgan fingerprint density at radius 3 is 2.08 bits per heavy atom. The molecule has 0 aromatic rings. The maximum absolute atomic E-state index is 5.67. The van der Waals surface area contributed by atoms with E-state index in [1.54, 1.807) is 5.92 Å². The van der Waals surface area contributed by atoms with E-state index in [-0.39, 0.29) is 0 Å². The number of alkyl halides is 1. The third-order valence-electron chi connectivity index (χ3n) is 2.15. The van der Waals surface area contributed by atoms with E-state index >= 15 is 0 Å². The quantitative estimate of drug-likeness (QED) is 0.491. The van der Waals surface area contributed by atoms with Crippen molar-refractivity contribution in [2.75, 3.05) is 5.88 Å². The largest absolute Gasteiger partial charge is 0.127 e. The van der Waals surface area contributed by atoms with E-state index < -0.39 is 0 Å². The normalized spacial score (nSPS) is 11.0. The zero-order valence-corrected chi connectivity index (χ0v) is 9.29. The molecule has 0 spiro atoms. The van der Waals surface area contributed by atoms with Gasteiger partial charge in [-0.2, -0.15) is 0 Å². The van der Waals surface area contributed by atoms with Gasteiger partial charge in [0.2, 0.25) is 0 Å². The molecule has 0 aliphatic rings. The fraction of sp³-hybridized carbons (Fsp3) is 0.909. The van der Waals surface area contributed by atoms with Gasteiger partial charge < -0.3 is 0 Å². The van der Waals surface area contributed by atoms with Gasteiger partial charge in [0.05, 0.1) is 0 Å². The van der Waals surface area contributed by atoms with Crippen molar-refractivity contribution in [1.82, 2.24) is 0 Å². The van der Waals surface area contributed by atoms with Crippen molar-refractivity contribution in [3.63, 3.8) is 0 Å². The van der Waals surface area contributed by atoms with Gasteiger partial charge in [-0.25, -0.2) is 0 Å². The summed E-state index contributed by atoms with van der Waals surface area (Å²) in [5, 5.41) is 0. The summed E-state index contributed by atoms with van der Waals surface area (Å²) in [7, 11) is 0. The average Bonchev–Trinajstić information content (AvgIpc) is 2.10. The van der Waals surface area contributed by atoms with Gasteiger partial charge in [-0.05, 0) is 31.6 Å². The summed E-state index contributed by atoms with van der Waals surface area (Å²) in [6.45, 7) is 4.51. The van der Waals surface area contributed by atoms with E-state index in [0.717, 1.165) is 5.88 Å². The lowest BCUT2D eigenvalue weighted by molar-refractivity contribution is 0.601. The molecule has 12 heavy (non-hydrogen) atoms. The molecule has 0 saturated heterocycles. The molecule has 0 amide bonds. The first-order valence-electron chi connectivity index (χ1n) is 5.24. The molecule has 1 heteroatoms. The van der Waals surface area contributed by atoms with Crippen LogP contribution in [-0.4, -0.2) is 5.88 Å². The molecule has 0 heterocycles. The summed E-state index contributed by atoms with van der Waals surface area (Å²) in [5.74, 6) is 2.55. The van der Waals surface area contributed by atoms with Crippen LogP contribution in [0, 0.1) is 5.92 Å². The summed E-state index contributed by atoms with van der Waals surface area (Å²) < 4.78 is 0. The Kier molecular flexibility index (Phi) is 9.61. The highest BCUT2D eigenvalue weighted by atomic mass is 35.5. The van der Waals surface area contributed by atoms with Gasteiger partial charge in [0.1, 0.15) is 0 Å². The summed E-state index contributed by atoms with van der Waals surface area (Å²) >= 11 is 5.67. The minimum atomic E-state index is 0.819. The van der Waals surface area contributed by atoms with Crippen LogP contribution in [0.15, 0.2) is 0 Å². The van der Waals surface area contributed by atoms with Crippen LogP contribution < -0.4 is 0 Å². The SMILES string of the molecule is CCCC[C](CCC)CCCCl. The minimum absolute atomic E-state index is 0.819. The second-order valence-electron chi connectivity index (χ2n) is 3.40. The Hall–Kier alpha value is 0.290. The fourth-order valence-corrected chi connectivity index (χ4v) is 1.61. The van der Waals surface area contributed by atoms with Crippen molar-refractivity contribution < 1.29 is 0 Å². The molecule has 0 nitrogen and oxygen atoms in total. The van der Waals surface area contributed by atoms with Crippen LogP contribution in [0.5, 0.6) is 0 Å². The molecule has 1 radical (unpaired) electrons. The van der Waals surface area contributed by atoms with Crippen molar-refractivity contribution in [3.8, 4) is 0 Å². The van der Waals surface area contributed by atoms with Crippen LogP contribution in [0.4, 0.5) is 0 Å². The number of hydrogen-bond acceptors (Lipinski definition) is 0. The third kappa shape index (κ3) is 6.97. The second kappa shape index (κ2) is 9.38. The van der Waals surface area contributed by atoms with Gasteiger partial charge in [0.25, 0.3) is 0 Å². The fourth-order valence-electron chi connectivity index (χ4n) is 1.47. The number of unbranched alkanes of at least 4 members (excludes halogenated alkanes) is 1. The Labute approximate surface area is 82.7 Å². The molecule has 0 fully saturated rings. The summed E-state index contributed by atoms with van der Waals surface area (Å²) in [6, 6.07) is 0. The van der Waals surface area contributed by atoms with Crippen LogP contribution in [-0.2, 0) is 0 Å². The average molecular weight is 190 g/mol. The Balaban J connectivity index is 3.40. The molecule has 73 valence electrons. The van der Waals surface area contributed by atoms with E-state index in [4.69, 9.17) is 11.6 Å². The van der Waals surface area contributed by atoms with Gasteiger partial charge in [-0.3, -0.25) is 0 Å². The van der Waals surface area contributed by atoms with Crippen molar-refractivity contribution in [2.24, 2.45) is 0 Å². The molecule has 0 aliphatic heterocycles. The second-order valence-corrected chi connectivity index (χ2v) is 3.77. The lowest BCUT2D eigenvalue weighted by atomic mass is 9.93. The molecule has 0 bridgehead atoms. The topological polar surface area (TPSA) is 0 Å². The van der Waals surface area contributed by atoms with Crippen LogP contribution >= 0.6 is 11.6 Å². The first kappa shape index (κ1) is 12.3. The molecule has 0 unspecified atom stereocenters. The molecule has 0 N–H and O–H groups in total. The maximum Gasteiger partial charge on any atom is 0.0223 e. The first-order chi connectivity index (χ1) is 5.85. The Bertz CT molecular complexity index is 73.1. The zero-order valence-electron chi connectivity index (χ0n) is 8.53. The molecular weight excluding hydrogens is 168 g/mol. The van der Waals surface area contributed by atoms with E-state index in [0.29, 0.717) is 0 Å². The molecule has 0 aromatic heterocycles. The summed E-state index contributed by atoms with van der Waals surface area (Å²) in [5.41, 5.74) is 0. The predicted octanol–water partition coefficient (Wildman–Crippen LogP) is 4.57. The highest BCUT2D eigenvalue weighted by Crippen LogP contribution is 2.22. The van der Waals surface area contributed by atoms with Crippen molar-refractivity contribution >= 4 is 11.6 Å². The zero-order chi connectivity index (χ0) is 9.23. The Morgan fingerprint density at radius 2 is 1.58 bits per heavy atom. The summed E-state index contributed by atoms with van der Waals surface area (Å²) in [6.07, 6.45) is 9.04. The lowest BCUT2D eigenvalue weighted by Gasteiger charge is -2.13. The first-order valence-corrected chi connectivity index (χ1v) is 5.78. The number of rotatable bonds is 8. The van der Waals surface area contributed by atoms with Crippen molar-refractivity contribution in [3.05, 3.63) is 5.92 Å². The van der Waals surface area contributed by atoms with Crippen LogP contribution in [0.2, 0.25) is 0 Å². The van der Waals surface area contributed by atoms with Crippen LogP contribution in [0.25, 0.3) is 0 Å². The van der Waals surface area contributed by atoms with E-state index in [2.05, 4.69) is 13.8 Å². The molecule has 0 aromatic carbocycles. The van der Waals surface area contributed by atoms with Crippen LogP contribution in [0.3, 0.4) is 0 Å². The van der Waals surface area contributed by atoms with Gasteiger partial charge >= 0.3 is 0 Å². The molecule has 0 rings (SSSR count). The molecule has 0 saturated carbocycles. The minimum Gasteiger partial charge on any atom is -0.127 e. The predicted molar refractivity (Wildman–Crippen MR) is 57.6 cm³/mol. The third-order valence-corrected chi connectivity index (χ3v) is 2.42. The monoisotopic (exact) mass is 189 g/mol. The Morgan fingerprint density at radius 1 is 0.917 bits per heavy atom. The molecular formula is C11H22Cl. The lowest BCUT2D eigenvalue weighted by Crippen LogP contribution is -1.97. The van der Waals surface area contributed by atoms with Crippen molar-refractivity contribution in [1.29, 1.82) is 0 Å². The van der Waals surface area contributed by atoms with E-state index in [1.165, 1.54) is 44.9 Å². The smallest absolute Gasteiger partial charge is 0.0223 e. The van der Waals surface area contributed by atoms with Gasteiger partial charge in [0.15, 0.2) is 0 Å². The van der Waals surface area contributed by atoms with E-state index in [9.17, 15) is 0 Å². The van der Waals surface area contributed by atoms with Crippen LogP contribution in [0.1, 0.15) is 58.8 Å². The number of halogens is 1. The van der Waals surface area contributed by atoms with Gasteiger partial charge in [-0.1, -0.05) is 33.1 Å². The van der Waals surface area contributed by atoms with Crippen molar-refractivity contribution in [2.45, 2.75) is 58.8 Å². The van der Waals surface area contributed by atoms with E-state index in [1.807, 2.05) is 0 Å². The maximum atomic E-state index is 5.67. The summed E-state index contributed by atoms with van der Waals surface area (Å²) in [4.78, 5) is 0. The molecule has 0 atom stereocenters. The molecule has 0 aliphatic carbocycles. The number of hydrogen-bond donors (Lipinski definition) is 0.